The average Bonchev–Trinajstić information content (AvgIpc) is 3.18. The van der Waals surface area contributed by atoms with Crippen molar-refractivity contribution in [2.45, 2.75) is 64.8 Å². The summed E-state index contributed by atoms with van der Waals surface area (Å²) < 4.78 is 51.5. The van der Waals surface area contributed by atoms with Crippen LogP contribution in [0.25, 0.3) is 16.0 Å². The van der Waals surface area contributed by atoms with Gasteiger partial charge in [-0.25, -0.2) is 9.64 Å². The number of ether oxygens (including phenoxy) is 2. The van der Waals surface area contributed by atoms with E-state index in [9.17, 15) is 22.8 Å². The maximum absolute atomic E-state index is 13.6. The Hall–Kier alpha value is -4.47. The highest BCUT2D eigenvalue weighted by Crippen LogP contribution is 2.42. The first kappa shape index (κ1) is 35.4. The molecule has 0 unspecified atom stereocenters. The minimum absolute atomic E-state index is 0.0430. The van der Waals surface area contributed by atoms with Crippen molar-refractivity contribution in [1.82, 2.24) is 0 Å². The molecule has 0 aliphatic carbocycles. The molecule has 47 heavy (non-hydrogen) atoms. The third kappa shape index (κ3) is 8.47. The van der Waals surface area contributed by atoms with E-state index >= 15 is 0 Å². The molecule has 0 aromatic heterocycles. The van der Waals surface area contributed by atoms with Crippen molar-refractivity contribution in [3.8, 4) is 11.1 Å². The van der Waals surface area contributed by atoms with E-state index in [0.29, 0.717) is 12.3 Å². The molecule has 3 aromatic carbocycles. The average molecular weight is 667 g/mol. The second kappa shape index (κ2) is 14.1. The first-order chi connectivity index (χ1) is 22.0. The van der Waals surface area contributed by atoms with Gasteiger partial charge < -0.3 is 19.7 Å². The van der Waals surface area contributed by atoms with Crippen LogP contribution in [-0.2, 0) is 25.2 Å². The molecule has 0 atom stereocenters. The van der Waals surface area contributed by atoms with E-state index in [1.54, 1.807) is 18.7 Å². The number of alkyl halides is 3. The molecular formula is C35H37F3N4O4S. The van der Waals surface area contributed by atoms with Crippen LogP contribution in [-0.4, -0.2) is 47.9 Å². The van der Waals surface area contributed by atoms with Crippen molar-refractivity contribution in [1.29, 1.82) is 0 Å². The van der Waals surface area contributed by atoms with Gasteiger partial charge in [-0.05, 0) is 107 Å². The molecule has 1 fully saturated rings. The molecule has 3 aromatic rings. The number of amides is 1. The second-order valence-electron chi connectivity index (χ2n) is 12.5. The number of thiocarbonyl (C=S) groups is 1. The van der Waals surface area contributed by atoms with Crippen LogP contribution in [0.15, 0.2) is 66.7 Å². The summed E-state index contributed by atoms with van der Waals surface area (Å²) in [5, 5.41) is 3.42. The fourth-order valence-corrected chi connectivity index (χ4v) is 5.64. The summed E-state index contributed by atoms with van der Waals surface area (Å²) in [6, 6.07) is 18.5. The summed E-state index contributed by atoms with van der Waals surface area (Å²) >= 11 is 5.64. The third-order valence-electron chi connectivity index (χ3n) is 7.36. The van der Waals surface area contributed by atoms with Crippen LogP contribution in [0, 0.1) is 6.57 Å². The lowest BCUT2D eigenvalue weighted by atomic mass is 10.0. The molecule has 12 heteroatoms. The topological polar surface area (TPSA) is 75.5 Å². The highest BCUT2D eigenvalue weighted by atomic mass is 32.1. The fraction of sp³-hybridized carbons (Fsp3) is 0.371. The van der Waals surface area contributed by atoms with E-state index in [1.807, 2.05) is 69.3 Å². The summed E-state index contributed by atoms with van der Waals surface area (Å²) in [4.78, 5) is 30.9. The SMILES string of the molecule is [C-]#[N+]c1ccc(N2C(=O)C(C)(C)N(c3ccc(-c4ccc(NCCCCOCC(=O)OC(C)(C)C)cc4)cc3)C2=S)cc1C(F)(F)F. The van der Waals surface area contributed by atoms with Gasteiger partial charge in [-0.15, -0.1) is 0 Å². The summed E-state index contributed by atoms with van der Waals surface area (Å²) in [5.41, 5.74) is 0.0522. The molecule has 1 heterocycles. The number of anilines is 3. The van der Waals surface area contributed by atoms with Crippen molar-refractivity contribution >= 4 is 52.0 Å². The lowest BCUT2D eigenvalue weighted by Gasteiger charge is -2.29. The van der Waals surface area contributed by atoms with Crippen molar-refractivity contribution in [2.24, 2.45) is 0 Å². The van der Waals surface area contributed by atoms with Gasteiger partial charge in [0.05, 0.1) is 12.1 Å². The number of nitrogens with zero attached hydrogens (tertiary/aromatic N) is 3. The molecule has 0 spiro atoms. The molecule has 248 valence electrons. The van der Waals surface area contributed by atoms with Crippen LogP contribution < -0.4 is 15.1 Å². The van der Waals surface area contributed by atoms with E-state index in [4.69, 9.17) is 28.3 Å². The fourth-order valence-electron chi connectivity index (χ4n) is 5.12. The summed E-state index contributed by atoms with van der Waals surface area (Å²) in [6.07, 6.45) is -3.10. The third-order valence-corrected chi connectivity index (χ3v) is 7.73. The van der Waals surface area contributed by atoms with Gasteiger partial charge in [0.2, 0.25) is 0 Å². The number of benzene rings is 3. The zero-order valence-corrected chi connectivity index (χ0v) is 27.7. The van der Waals surface area contributed by atoms with E-state index in [-0.39, 0.29) is 23.4 Å². The zero-order valence-electron chi connectivity index (χ0n) is 26.9. The number of carbonyl (C=O) groups excluding carboxylic acids is 2. The molecule has 4 rings (SSSR count). The largest absolute Gasteiger partial charge is 0.458 e. The van der Waals surface area contributed by atoms with Gasteiger partial charge in [0.25, 0.3) is 5.91 Å². The Morgan fingerprint density at radius 1 is 0.957 bits per heavy atom. The number of unbranched alkanes of at least 4 members (excludes halogenated alkanes) is 1. The first-order valence-electron chi connectivity index (χ1n) is 15.0. The van der Waals surface area contributed by atoms with Crippen LogP contribution in [0.1, 0.15) is 53.0 Å². The van der Waals surface area contributed by atoms with Crippen LogP contribution in [0.5, 0.6) is 0 Å². The quantitative estimate of drug-likeness (QED) is 0.0954. The van der Waals surface area contributed by atoms with Gasteiger partial charge >= 0.3 is 12.1 Å². The van der Waals surface area contributed by atoms with Crippen LogP contribution in [0.2, 0.25) is 0 Å². The molecule has 0 radical (unpaired) electrons. The normalized spacial score (nSPS) is 14.7. The highest BCUT2D eigenvalue weighted by molar-refractivity contribution is 7.81. The predicted molar refractivity (Wildman–Crippen MR) is 181 cm³/mol. The van der Waals surface area contributed by atoms with E-state index in [2.05, 4.69) is 10.2 Å². The van der Waals surface area contributed by atoms with Crippen LogP contribution in [0.3, 0.4) is 0 Å². The molecule has 1 aliphatic heterocycles. The summed E-state index contributed by atoms with van der Waals surface area (Å²) in [7, 11) is 0. The molecule has 1 saturated heterocycles. The number of carbonyl (C=O) groups is 2. The summed E-state index contributed by atoms with van der Waals surface area (Å²) in [6.45, 7) is 17.0. The Labute approximate surface area is 278 Å². The van der Waals surface area contributed by atoms with Crippen molar-refractivity contribution in [2.75, 3.05) is 34.9 Å². The van der Waals surface area contributed by atoms with E-state index in [0.717, 1.165) is 53.2 Å². The van der Waals surface area contributed by atoms with Gasteiger partial charge in [-0.2, -0.15) is 13.2 Å². The van der Waals surface area contributed by atoms with Gasteiger partial charge in [-0.1, -0.05) is 30.3 Å². The minimum atomic E-state index is -4.76. The molecule has 1 amide bonds. The van der Waals surface area contributed by atoms with Crippen LogP contribution in [0.4, 0.5) is 35.9 Å². The van der Waals surface area contributed by atoms with E-state index < -0.39 is 34.5 Å². The summed E-state index contributed by atoms with van der Waals surface area (Å²) in [5.74, 6) is -0.853. The number of esters is 1. The molecular weight excluding hydrogens is 629 g/mol. The maximum Gasteiger partial charge on any atom is 0.407 e. The maximum atomic E-state index is 13.6. The van der Waals surface area contributed by atoms with Gasteiger partial charge in [0.15, 0.2) is 10.8 Å². The standard InChI is InChI=1S/C35H37F3N4O4S/c1-33(2,3)46-30(43)22-45-20-8-7-19-40-25-13-9-23(10-14-25)24-11-15-26(16-12-24)42-32(47)41(31(44)34(42,4)5)27-17-18-29(39-6)28(21-27)35(36,37)38/h9-18,21,40H,7-8,19-20,22H2,1-5H3. The minimum Gasteiger partial charge on any atom is -0.458 e. The lowest BCUT2D eigenvalue weighted by molar-refractivity contribution is -0.160. The molecule has 1 N–H and O–H groups in total. The Kier molecular flexibility index (Phi) is 10.6. The van der Waals surface area contributed by atoms with Crippen molar-refractivity contribution < 1.29 is 32.2 Å². The smallest absolute Gasteiger partial charge is 0.407 e. The van der Waals surface area contributed by atoms with Crippen molar-refractivity contribution in [3.05, 3.63) is 83.7 Å². The van der Waals surface area contributed by atoms with Gasteiger partial charge in [0.1, 0.15) is 17.7 Å². The monoisotopic (exact) mass is 666 g/mol. The van der Waals surface area contributed by atoms with Gasteiger partial charge in [0, 0.05) is 30.2 Å². The Balaban J connectivity index is 1.36. The first-order valence-corrected chi connectivity index (χ1v) is 15.4. The second-order valence-corrected chi connectivity index (χ2v) is 12.9. The lowest BCUT2D eigenvalue weighted by Crippen LogP contribution is -2.44. The number of rotatable bonds is 11. The number of hydrogen-bond donors (Lipinski definition) is 1. The molecule has 1 aliphatic rings. The molecule has 0 saturated carbocycles. The number of hydrogen-bond acceptors (Lipinski definition) is 6. The predicted octanol–water partition coefficient (Wildman–Crippen LogP) is 8.39. The Morgan fingerprint density at radius 3 is 2.13 bits per heavy atom. The van der Waals surface area contributed by atoms with Crippen molar-refractivity contribution in [3.63, 3.8) is 0 Å². The molecule has 0 bridgehead atoms. The van der Waals surface area contributed by atoms with E-state index in [1.165, 1.54) is 6.07 Å². The van der Waals surface area contributed by atoms with Gasteiger partial charge in [-0.3, -0.25) is 9.69 Å². The Bertz CT molecular complexity index is 1660. The number of halogens is 3. The van der Waals surface area contributed by atoms with Crippen LogP contribution >= 0.6 is 12.2 Å². The Morgan fingerprint density at radius 2 is 1.55 bits per heavy atom. The highest BCUT2D eigenvalue weighted by Gasteiger charge is 2.50. The zero-order chi connectivity index (χ0) is 34.6. The molecule has 8 nitrogen and oxygen atoms in total. The number of nitrogens with one attached hydrogen (secondary N) is 1.